The van der Waals surface area contributed by atoms with Gasteiger partial charge < -0.3 is 9.26 Å². The van der Waals surface area contributed by atoms with Gasteiger partial charge in [-0.3, -0.25) is 0 Å². The molecule has 1 heterocycles. The van der Waals surface area contributed by atoms with Gasteiger partial charge in [-0.05, 0) is 11.6 Å². The van der Waals surface area contributed by atoms with Crippen LogP contribution in [-0.4, -0.2) is 29.8 Å². The molecule has 0 aliphatic rings. The average Bonchev–Trinajstić information content (AvgIpc) is 2.93. The quantitative estimate of drug-likeness (QED) is 0.734. The lowest BCUT2D eigenvalue weighted by atomic mass is 10.1. The van der Waals surface area contributed by atoms with Crippen molar-refractivity contribution in [2.24, 2.45) is 0 Å². The van der Waals surface area contributed by atoms with Crippen LogP contribution in [0.4, 0.5) is 8.78 Å². The van der Waals surface area contributed by atoms with Crippen LogP contribution in [0.3, 0.4) is 0 Å². The van der Waals surface area contributed by atoms with Gasteiger partial charge in [0.05, 0.1) is 19.1 Å². The maximum absolute atomic E-state index is 11.9. The molecule has 0 aliphatic carbocycles. The molecule has 0 unspecified atom stereocenters. The summed E-state index contributed by atoms with van der Waals surface area (Å²) in [6.07, 6.45) is -1.95. The molecule has 0 atom stereocenters. The highest BCUT2D eigenvalue weighted by Crippen LogP contribution is 2.22. The molecule has 0 saturated heterocycles. The van der Waals surface area contributed by atoms with Gasteiger partial charge in [-0.15, -0.1) is 0 Å². The molecular weight excluding hydrogens is 280 g/mol. The number of nitriles is 1. The van der Waals surface area contributed by atoms with Gasteiger partial charge >= 0.3 is 0 Å². The zero-order valence-electron chi connectivity index (χ0n) is 11.1. The minimum atomic E-state index is -2.48. The first-order chi connectivity index (χ1) is 10.2. The number of benzene rings is 1. The van der Waals surface area contributed by atoms with Crippen LogP contribution in [0.25, 0.3) is 11.5 Å². The zero-order valence-corrected chi connectivity index (χ0v) is 11.1. The van der Waals surface area contributed by atoms with Crippen LogP contribution in [0.15, 0.2) is 28.8 Å². The number of nitrogens with zero attached hydrogens (tertiary/aromatic N) is 3. The first-order valence-corrected chi connectivity index (χ1v) is 6.34. The molecule has 0 radical (unpaired) electrons. The van der Waals surface area contributed by atoms with Gasteiger partial charge in [0, 0.05) is 12.0 Å². The van der Waals surface area contributed by atoms with Crippen LogP contribution in [0.5, 0.6) is 0 Å². The molecule has 2 rings (SSSR count). The second kappa shape index (κ2) is 7.45. The van der Waals surface area contributed by atoms with E-state index in [9.17, 15) is 8.78 Å². The second-order valence-electron chi connectivity index (χ2n) is 4.22. The monoisotopic (exact) mass is 293 g/mol. The van der Waals surface area contributed by atoms with Crippen LogP contribution >= 0.6 is 0 Å². The van der Waals surface area contributed by atoms with Gasteiger partial charge in [0.15, 0.2) is 5.82 Å². The lowest BCUT2D eigenvalue weighted by Gasteiger charge is -2.01. The van der Waals surface area contributed by atoms with Crippen LogP contribution < -0.4 is 0 Å². The van der Waals surface area contributed by atoms with Crippen molar-refractivity contribution in [2.75, 3.05) is 13.2 Å². The predicted molar refractivity (Wildman–Crippen MR) is 69.6 cm³/mol. The molecule has 1 aromatic carbocycles. The number of ether oxygens (including phenoxy) is 1. The molecule has 0 spiro atoms. The molecule has 110 valence electrons. The van der Waals surface area contributed by atoms with Gasteiger partial charge in [-0.2, -0.15) is 10.2 Å². The molecule has 0 aliphatic heterocycles. The summed E-state index contributed by atoms with van der Waals surface area (Å²) in [4.78, 5) is 4.19. The number of halogens is 2. The SMILES string of the molecule is N#CCc1ccccc1-c1nc(CCOCC(F)F)no1. The van der Waals surface area contributed by atoms with E-state index in [4.69, 9.17) is 14.5 Å². The first kappa shape index (κ1) is 15.1. The Morgan fingerprint density at radius 2 is 2.14 bits per heavy atom. The van der Waals surface area contributed by atoms with Crippen LogP contribution in [-0.2, 0) is 17.6 Å². The first-order valence-electron chi connectivity index (χ1n) is 6.34. The van der Waals surface area contributed by atoms with E-state index >= 15 is 0 Å². The van der Waals surface area contributed by atoms with Crippen molar-refractivity contribution in [3.05, 3.63) is 35.7 Å². The minimum Gasteiger partial charge on any atom is -0.375 e. The van der Waals surface area contributed by atoms with Crippen molar-refractivity contribution in [1.29, 1.82) is 5.26 Å². The summed E-state index contributed by atoms with van der Waals surface area (Å²) in [7, 11) is 0. The Kier molecular flexibility index (Phi) is 5.35. The van der Waals surface area contributed by atoms with Crippen molar-refractivity contribution in [3.63, 3.8) is 0 Å². The van der Waals surface area contributed by atoms with E-state index in [0.717, 1.165) is 5.56 Å². The molecule has 21 heavy (non-hydrogen) atoms. The minimum absolute atomic E-state index is 0.100. The van der Waals surface area contributed by atoms with E-state index in [0.29, 0.717) is 17.3 Å². The Bertz CT molecular complexity index is 623. The molecule has 5 nitrogen and oxygen atoms in total. The Morgan fingerprint density at radius 3 is 2.90 bits per heavy atom. The van der Waals surface area contributed by atoms with Gasteiger partial charge in [0.2, 0.25) is 0 Å². The van der Waals surface area contributed by atoms with E-state index in [1.807, 2.05) is 18.2 Å². The van der Waals surface area contributed by atoms with E-state index < -0.39 is 13.0 Å². The summed E-state index contributed by atoms with van der Waals surface area (Å²) in [5.41, 5.74) is 1.50. The smallest absolute Gasteiger partial charge is 0.261 e. The fourth-order valence-corrected chi connectivity index (χ4v) is 1.77. The molecule has 0 saturated carbocycles. The highest BCUT2D eigenvalue weighted by atomic mass is 19.3. The van der Waals surface area contributed by atoms with Crippen molar-refractivity contribution in [1.82, 2.24) is 10.1 Å². The third kappa shape index (κ3) is 4.33. The van der Waals surface area contributed by atoms with Gasteiger partial charge in [0.1, 0.15) is 6.61 Å². The van der Waals surface area contributed by atoms with Gasteiger partial charge in [-0.1, -0.05) is 23.4 Å². The molecule has 7 heteroatoms. The fraction of sp³-hybridized carbons (Fsp3) is 0.357. The van der Waals surface area contributed by atoms with Gasteiger partial charge in [0.25, 0.3) is 12.3 Å². The van der Waals surface area contributed by atoms with Crippen molar-refractivity contribution < 1.29 is 18.0 Å². The van der Waals surface area contributed by atoms with Crippen LogP contribution in [0.2, 0.25) is 0 Å². The van der Waals surface area contributed by atoms with Gasteiger partial charge in [-0.25, -0.2) is 8.78 Å². The predicted octanol–water partition coefficient (Wildman–Crippen LogP) is 2.63. The summed E-state index contributed by atoms with van der Waals surface area (Å²) in [6, 6.07) is 9.31. The Morgan fingerprint density at radius 1 is 1.33 bits per heavy atom. The number of alkyl halides is 2. The molecule has 0 N–H and O–H groups in total. The summed E-state index contributed by atoms with van der Waals surface area (Å²) < 4.78 is 33.7. The van der Waals surface area contributed by atoms with E-state index in [-0.39, 0.29) is 19.4 Å². The van der Waals surface area contributed by atoms with Crippen LogP contribution in [0.1, 0.15) is 11.4 Å². The molecule has 0 fully saturated rings. The van der Waals surface area contributed by atoms with E-state index in [1.54, 1.807) is 6.07 Å². The summed E-state index contributed by atoms with van der Waals surface area (Å²) in [5.74, 6) is 0.690. The lowest BCUT2D eigenvalue weighted by Crippen LogP contribution is -2.07. The van der Waals surface area contributed by atoms with Crippen molar-refractivity contribution in [3.8, 4) is 17.5 Å². The van der Waals surface area contributed by atoms with Crippen molar-refractivity contribution in [2.45, 2.75) is 19.3 Å². The topological polar surface area (TPSA) is 71.9 Å². The second-order valence-corrected chi connectivity index (χ2v) is 4.22. The number of hydrogen-bond donors (Lipinski definition) is 0. The lowest BCUT2D eigenvalue weighted by molar-refractivity contribution is 0.0182. The number of hydrogen-bond acceptors (Lipinski definition) is 5. The average molecular weight is 293 g/mol. The highest BCUT2D eigenvalue weighted by molar-refractivity contribution is 5.58. The normalized spacial score (nSPS) is 10.8. The largest absolute Gasteiger partial charge is 0.375 e. The third-order valence-electron chi connectivity index (χ3n) is 2.70. The zero-order chi connectivity index (χ0) is 15.1. The molecule has 2 aromatic rings. The standard InChI is InChI=1S/C14H13F2N3O2/c15-12(16)9-20-8-6-13-18-14(21-19-13)11-4-2-1-3-10(11)5-7-17/h1-4,12H,5-6,8-9H2. The maximum atomic E-state index is 11.9. The summed E-state index contributed by atoms with van der Waals surface area (Å²) in [6.45, 7) is -0.501. The molecule has 0 bridgehead atoms. The molecule has 0 amide bonds. The Balaban J connectivity index is 2.01. The van der Waals surface area contributed by atoms with Crippen molar-refractivity contribution >= 4 is 0 Å². The van der Waals surface area contributed by atoms with Crippen LogP contribution in [0, 0.1) is 11.3 Å². The highest BCUT2D eigenvalue weighted by Gasteiger charge is 2.12. The summed E-state index contributed by atoms with van der Waals surface area (Å²) in [5, 5.41) is 12.6. The third-order valence-corrected chi connectivity index (χ3v) is 2.70. The number of aromatic nitrogens is 2. The fourth-order valence-electron chi connectivity index (χ4n) is 1.77. The number of rotatable bonds is 7. The molecule has 1 aromatic heterocycles. The summed E-state index contributed by atoms with van der Waals surface area (Å²) >= 11 is 0. The Hall–Kier alpha value is -2.33. The maximum Gasteiger partial charge on any atom is 0.261 e. The molecular formula is C14H13F2N3O2. The van der Waals surface area contributed by atoms with E-state index in [2.05, 4.69) is 16.2 Å². The Labute approximate surface area is 120 Å². The van der Waals surface area contributed by atoms with E-state index in [1.165, 1.54) is 0 Å².